The van der Waals surface area contributed by atoms with E-state index in [9.17, 15) is 4.79 Å². The normalized spacial score (nSPS) is 10.6. The summed E-state index contributed by atoms with van der Waals surface area (Å²) in [4.78, 5) is 11.2. The molecular formula is C11H18N2O2. The zero-order valence-corrected chi connectivity index (χ0v) is 9.25. The third-order valence-corrected chi connectivity index (χ3v) is 1.89. The number of hydrogen-bond acceptors (Lipinski definition) is 3. The van der Waals surface area contributed by atoms with Crippen LogP contribution in [0.3, 0.4) is 0 Å². The van der Waals surface area contributed by atoms with Crippen molar-refractivity contribution < 1.29 is 9.21 Å². The van der Waals surface area contributed by atoms with Gasteiger partial charge < -0.3 is 15.1 Å². The Bertz CT molecular complexity index is 281. The van der Waals surface area contributed by atoms with Gasteiger partial charge in [0.15, 0.2) is 0 Å². The van der Waals surface area contributed by atoms with E-state index in [1.807, 2.05) is 19.9 Å². The van der Waals surface area contributed by atoms with Gasteiger partial charge in [0.1, 0.15) is 0 Å². The van der Waals surface area contributed by atoms with Crippen LogP contribution < -0.4 is 10.6 Å². The maximum absolute atomic E-state index is 11.2. The van der Waals surface area contributed by atoms with Gasteiger partial charge in [-0.05, 0) is 19.9 Å². The van der Waals surface area contributed by atoms with Crippen molar-refractivity contribution in [3.63, 3.8) is 0 Å². The fourth-order valence-electron chi connectivity index (χ4n) is 1.22. The smallest absolute Gasteiger partial charge is 0.221 e. The molecule has 1 amide bonds. The highest BCUT2D eigenvalue weighted by molar-refractivity contribution is 5.76. The molecule has 0 aliphatic heterocycles. The Morgan fingerprint density at radius 2 is 2.33 bits per heavy atom. The average Bonchev–Trinajstić information content (AvgIpc) is 2.63. The summed E-state index contributed by atoms with van der Waals surface area (Å²) in [6.07, 6.45) is 3.85. The van der Waals surface area contributed by atoms with Gasteiger partial charge in [0.2, 0.25) is 5.91 Å². The number of carbonyl (C=O) groups is 1. The molecule has 0 unspecified atom stereocenters. The van der Waals surface area contributed by atoms with Gasteiger partial charge in [-0.1, -0.05) is 0 Å². The summed E-state index contributed by atoms with van der Waals surface area (Å²) in [5.74, 6) is 0.0877. The minimum atomic E-state index is 0.0877. The van der Waals surface area contributed by atoms with Crippen molar-refractivity contribution in [2.75, 3.05) is 6.54 Å². The van der Waals surface area contributed by atoms with Gasteiger partial charge in [-0.25, -0.2) is 0 Å². The van der Waals surface area contributed by atoms with Crippen LogP contribution in [-0.4, -0.2) is 18.5 Å². The molecule has 1 aromatic rings. The van der Waals surface area contributed by atoms with Crippen molar-refractivity contribution in [1.29, 1.82) is 0 Å². The van der Waals surface area contributed by atoms with Gasteiger partial charge in [0.25, 0.3) is 0 Å². The summed E-state index contributed by atoms with van der Waals surface area (Å²) < 4.78 is 4.93. The van der Waals surface area contributed by atoms with Crippen LogP contribution in [0, 0.1) is 0 Å². The molecule has 0 atom stereocenters. The second kappa shape index (κ2) is 6.24. The first-order valence-corrected chi connectivity index (χ1v) is 5.19. The summed E-state index contributed by atoms with van der Waals surface area (Å²) in [5.41, 5.74) is 1.10. The molecule has 1 rings (SSSR count). The molecule has 0 saturated carbocycles. The standard InChI is InChI=1S/C11H18N2O2/c1-9(2)13-11(14)3-5-12-7-10-4-6-15-8-10/h4,6,8-9,12H,3,5,7H2,1-2H3,(H,13,14). The van der Waals surface area contributed by atoms with E-state index < -0.39 is 0 Å². The first-order chi connectivity index (χ1) is 7.18. The van der Waals surface area contributed by atoms with Gasteiger partial charge in [-0.3, -0.25) is 4.79 Å². The summed E-state index contributed by atoms with van der Waals surface area (Å²) in [7, 11) is 0. The Kier molecular flexibility index (Phi) is 4.90. The van der Waals surface area contributed by atoms with E-state index in [1.54, 1.807) is 12.5 Å². The first kappa shape index (κ1) is 11.8. The van der Waals surface area contributed by atoms with E-state index >= 15 is 0 Å². The fourth-order valence-corrected chi connectivity index (χ4v) is 1.22. The molecular weight excluding hydrogens is 192 g/mol. The quantitative estimate of drug-likeness (QED) is 0.695. The Labute approximate surface area is 90.0 Å². The lowest BCUT2D eigenvalue weighted by molar-refractivity contribution is -0.121. The average molecular weight is 210 g/mol. The van der Waals surface area contributed by atoms with Crippen molar-refractivity contribution >= 4 is 5.91 Å². The first-order valence-electron chi connectivity index (χ1n) is 5.19. The molecule has 4 heteroatoms. The Morgan fingerprint density at radius 1 is 1.53 bits per heavy atom. The minimum absolute atomic E-state index is 0.0877. The molecule has 0 radical (unpaired) electrons. The minimum Gasteiger partial charge on any atom is -0.472 e. The van der Waals surface area contributed by atoms with Crippen molar-refractivity contribution in [2.24, 2.45) is 0 Å². The van der Waals surface area contributed by atoms with Crippen LogP contribution in [0.15, 0.2) is 23.0 Å². The van der Waals surface area contributed by atoms with Crippen molar-refractivity contribution in [3.05, 3.63) is 24.2 Å². The molecule has 0 aromatic carbocycles. The van der Waals surface area contributed by atoms with E-state index in [-0.39, 0.29) is 11.9 Å². The van der Waals surface area contributed by atoms with Crippen LogP contribution in [0.4, 0.5) is 0 Å². The molecule has 0 aliphatic carbocycles. The number of hydrogen-bond donors (Lipinski definition) is 2. The number of rotatable bonds is 6. The van der Waals surface area contributed by atoms with E-state index in [4.69, 9.17) is 4.42 Å². The van der Waals surface area contributed by atoms with Crippen LogP contribution in [0.1, 0.15) is 25.8 Å². The predicted octanol–water partition coefficient (Wildman–Crippen LogP) is 1.28. The van der Waals surface area contributed by atoms with Gasteiger partial charge in [-0.15, -0.1) is 0 Å². The van der Waals surface area contributed by atoms with E-state index in [0.717, 1.165) is 12.1 Å². The predicted molar refractivity (Wildman–Crippen MR) is 58.3 cm³/mol. The lowest BCUT2D eigenvalue weighted by Gasteiger charge is -2.08. The van der Waals surface area contributed by atoms with E-state index in [2.05, 4.69) is 10.6 Å². The van der Waals surface area contributed by atoms with Gasteiger partial charge >= 0.3 is 0 Å². The third-order valence-electron chi connectivity index (χ3n) is 1.89. The second-order valence-corrected chi connectivity index (χ2v) is 3.78. The highest BCUT2D eigenvalue weighted by Gasteiger charge is 2.02. The summed E-state index contributed by atoms with van der Waals surface area (Å²) in [5, 5.41) is 6.01. The Balaban J connectivity index is 2.04. The topological polar surface area (TPSA) is 54.3 Å². The summed E-state index contributed by atoms with van der Waals surface area (Å²) >= 11 is 0. The van der Waals surface area contributed by atoms with Gasteiger partial charge in [0, 0.05) is 31.1 Å². The zero-order chi connectivity index (χ0) is 11.1. The van der Waals surface area contributed by atoms with Crippen LogP contribution >= 0.6 is 0 Å². The molecule has 4 nitrogen and oxygen atoms in total. The summed E-state index contributed by atoms with van der Waals surface area (Å²) in [6.45, 7) is 5.34. The Morgan fingerprint density at radius 3 is 2.93 bits per heavy atom. The van der Waals surface area contributed by atoms with Crippen LogP contribution in [0.2, 0.25) is 0 Å². The van der Waals surface area contributed by atoms with Crippen molar-refractivity contribution in [2.45, 2.75) is 32.9 Å². The molecule has 2 N–H and O–H groups in total. The fraction of sp³-hybridized carbons (Fsp3) is 0.545. The van der Waals surface area contributed by atoms with Gasteiger partial charge in [-0.2, -0.15) is 0 Å². The molecule has 15 heavy (non-hydrogen) atoms. The highest BCUT2D eigenvalue weighted by Crippen LogP contribution is 1.98. The molecule has 0 fully saturated rings. The lowest BCUT2D eigenvalue weighted by Crippen LogP contribution is -2.32. The zero-order valence-electron chi connectivity index (χ0n) is 9.25. The largest absolute Gasteiger partial charge is 0.472 e. The number of nitrogens with one attached hydrogen (secondary N) is 2. The Hall–Kier alpha value is -1.29. The van der Waals surface area contributed by atoms with Crippen LogP contribution in [-0.2, 0) is 11.3 Å². The van der Waals surface area contributed by atoms with E-state index in [0.29, 0.717) is 13.0 Å². The molecule has 84 valence electrons. The number of furan rings is 1. The van der Waals surface area contributed by atoms with Crippen molar-refractivity contribution in [1.82, 2.24) is 10.6 Å². The molecule has 0 aliphatic rings. The van der Waals surface area contributed by atoms with Gasteiger partial charge in [0.05, 0.1) is 12.5 Å². The van der Waals surface area contributed by atoms with Crippen LogP contribution in [0.25, 0.3) is 0 Å². The summed E-state index contributed by atoms with van der Waals surface area (Å²) in [6, 6.07) is 2.12. The van der Waals surface area contributed by atoms with Crippen molar-refractivity contribution in [3.8, 4) is 0 Å². The van der Waals surface area contributed by atoms with E-state index in [1.165, 1.54) is 0 Å². The highest BCUT2D eigenvalue weighted by atomic mass is 16.3. The molecule has 0 spiro atoms. The second-order valence-electron chi connectivity index (χ2n) is 3.78. The van der Waals surface area contributed by atoms with Crippen LogP contribution in [0.5, 0.6) is 0 Å². The molecule has 1 heterocycles. The molecule has 0 bridgehead atoms. The maximum Gasteiger partial charge on any atom is 0.221 e. The molecule has 1 aromatic heterocycles. The number of carbonyl (C=O) groups excluding carboxylic acids is 1. The monoisotopic (exact) mass is 210 g/mol. The molecule has 0 saturated heterocycles. The number of amides is 1. The lowest BCUT2D eigenvalue weighted by atomic mass is 10.3. The SMILES string of the molecule is CC(C)NC(=O)CCNCc1ccoc1. The maximum atomic E-state index is 11.2. The third kappa shape index (κ3) is 5.22.